The summed E-state index contributed by atoms with van der Waals surface area (Å²) in [5.74, 6) is -1.26. The number of esters is 1. The fourth-order valence-electron chi connectivity index (χ4n) is 1.99. The largest absolute Gasteiger partial charge is 0.454 e. The molecule has 0 aliphatic carbocycles. The zero-order valence-electron chi connectivity index (χ0n) is 12.4. The van der Waals surface area contributed by atoms with Crippen molar-refractivity contribution in [3.63, 3.8) is 0 Å². The van der Waals surface area contributed by atoms with Gasteiger partial charge in [-0.05, 0) is 34.7 Å². The second-order valence-corrected chi connectivity index (χ2v) is 5.98. The van der Waals surface area contributed by atoms with Gasteiger partial charge in [-0.1, -0.05) is 12.1 Å². The summed E-state index contributed by atoms with van der Waals surface area (Å²) in [7, 11) is 0. The third kappa shape index (κ3) is 5.47. The van der Waals surface area contributed by atoms with E-state index in [1.54, 1.807) is 23.1 Å². The summed E-state index contributed by atoms with van der Waals surface area (Å²) in [6, 6.07) is 7.04. The lowest BCUT2D eigenvalue weighted by molar-refractivity contribution is -0.152. The number of halogens is 1. The Morgan fingerprint density at radius 3 is 2.61 bits per heavy atom. The number of amides is 2. The Morgan fingerprint density at radius 1 is 1.22 bits per heavy atom. The van der Waals surface area contributed by atoms with Crippen molar-refractivity contribution in [2.45, 2.75) is 0 Å². The molecule has 2 amide bonds. The highest BCUT2D eigenvalue weighted by atomic mass is 127. The van der Waals surface area contributed by atoms with E-state index in [4.69, 9.17) is 9.47 Å². The Hall–Kier alpha value is -1.68. The Kier molecular flexibility index (Phi) is 6.78. The van der Waals surface area contributed by atoms with Crippen molar-refractivity contribution in [2.75, 3.05) is 39.5 Å². The van der Waals surface area contributed by atoms with Crippen LogP contribution in [-0.2, 0) is 19.1 Å². The molecule has 0 radical (unpaired) electrons. The summed E-state index contributed by atoms with van der Waals surface area (Å²) < 4.78 is 10.8. The van der Waals surface area contributed by atoms with E-state index in [0.717, 1.165) is 3.57 Å². The number of hydrogen-bond donors (Lipinski definition) is 1. The molecule has 8 heteroatoms. The Labute approximate surface area is 147 Å². The van der Waals surface area contributed by atoms with Crippen molar-refractivity contribution in [2.24, 2.45) is 0 Å². The molecule has 1 aliphatic heterocycles. The van der Waals surface area contributed by atoms with Gasteiger partial charge in [0.25, 0.3) is 11.8 Å². The highest BCUT2D eigenvalue weighted by Gasteiger charge is 2.18. The summed E-state index contributed by atoms with van der Waals surface area (Å²) in [5.41, 5.74) is 0.491. The quantitative estimate of drug-likeness (QED) is 0.539. The minimum Gasteiger partial charge on any atom is -0.454 e. The minimum atomic E-state index is -0.647. The first-order valence-electron chi connectivity index (χ1n) is 7.12. The van der Waals surface area contributed by atoms with Crippen LogP contribution < -0.4 is 5.32 Å². The monoisotopic (exact) mass is 432 g/mol. The molecule has 1 N–H and O–H groups in total. The molecule has 7 nitrogen and oxygen atoms in total. The highest BCUT2D eigenvalue weighted by molar-refractivity contribution is 14.1. The van der Waals surface area contributed by atoms with Crippen LogP contribution in [-0.4, -0.2) is 62.1 Å². The van der Waals surface area contributed by atoms with E-state index in [-0.39, 0.29) is 25.0 Å². The van der Waals surface area contributed by atoms with Crippen LogP contribution in [0.1, 0.15) is 10.4 Å². The predicted molar refractivity (Wildman–Crippen MR) is 89.9 cm³/mol. The number of nitrogens with one attached hydrogen (secondary N) is 1. The van der Waals surface area contributed by atoms with Crippen molar-refractivity contribution < 1.29 is 23.9 Å². The molecule has 1 heterocycles. The van der Waals surface area contributed by atoms with Gasteiger partial charge >= 0.3 is 5.97 Å². The van der Waals surface area contributed by atoms with Crippen molar-refractivity contribution in [1.82, 2.24) is 10.2 Å². The number of rotatable bonds is 5. The van der Waals surface area contributed by atoms with E-state index in [2.05, 4.69) is 5.32 Å². The summed E-state index contributed by atoms with van der Waals surface area (Å²) in [4.78, 5) is 37.0. The summed E-state index contributed by atoms with van der Waals surface area (Å²) in [6.45, 7) is 1.38. The van der Waals surface area contributed by atoms with Gasteiger partial charge in [-0.2, -0.15) is 0 Å². The van der Waals surface area contributed by atoms with E-state index in [0.29, 0.717) is 31.9 Å². The van der Waals surface area contributed by atoms with Crippen molar-refractivity contribution >= 4 is 40.4 Å². The first-order valence-corrected chi connectivity index (χ1v) is 8.19. The number of carbonyl (C=O) groups is 3. The number of nitrogens with zero attached hydrogens (tertiary/aromatic N) is 1. The lowest BCUT2D eigenvalue weighted by atomic mass is 10.2. The number of benzene rings is 1. The van der Waals surface area contributed by atoms with Gasteiger partial charge in [-0.15, -0.1) is 0 Å². The predicted octanol–water partition coefficient (Wildman–Crippen LogP) is 0.423. The lowest BCUT2D eigenvalue weighted by Gasteiger charge is -2.26. The van der Waals surface area contributed by atoms with Crippen LogP contribution in [0.2, 0.25) is 0 Å². The van der Waals surface area contributed by atoms with Gasteiger partial charge in [0.1, 0.15) is 6.54 Å². The van der Waals surface area contributed by atoms with Gasteiger partial charge in [0.2, 0.25) is 0 Å². The van der Waals surface area contributed by atoms with Gasteiger partial charge in [-0.25, -0.2) is 0 Å². The first-order chi connectivity index (χ1) is 11.1. The number of ether oxygens (including phenoxy) is 2. The van der Waals surface area contributed by atoms with Gasteiger partial charge in [0.15, 0.2) is 6.61 Å². The second-order valence-electron chi connectivity index (χ2n) is 4.82. The molecular weight excluding hydrogens is 415 g/mol. The fourth-order valence-corrected chi connectivity index (χ4v) is 2.62. The van der Waals surface area contributed by atoms with Crippen molar-refractivity contribution in [3.05, 3.63) is 33.4 Å². The zero-order valence-corrected chi connectivity index (χ0v) is 14.6. The molecule has 23 heavy (non-hydrogen) atoms. The van der Waals surface area contributed by atoms with E-state index in [9.17, 15) is 14.4 Å². The summed E-state index contributed by atoms with van der Waals surface area (Å²) in [6.07, 6.45) is 0. The van der Waals surface area contributed by atoms with E-state index >= 15 is 0 Å². The van der Waals surface area contributed by atoms with Crippen molar-refractivity contribution in [1.29, 1.82) is 0 Å². The highest BCUT2D eigenvalue weighted by Crippen LogP contribution is 2.10. The average Bonchev–Trinajstić information content (AvgIpc) is 2.58. The smallest absolute Gasteiger partial charge is 0.325 e. The van der Waals surface area contributed by atoms with Gasteiger partial charge in [0.05, 0.1) is 18.8 Å². The molecule has 0 bridgehead atoms. The maximum absolute atomic E-state index is 11.9. The number of carbonyl (C=O) groups excluding carboxylic acids is 3. The van der Waals surface area contributed by atoms with Crippen LogP contribution in [0.15, 0.2) is 24.3 Å². The topological polar surface area (TPSA) is 84.9 Å². The zero-order chi connectivity index (χ0) is 16.7. The Bertz CT molecular complexity index is 587. The molecule has 0 spiro atoms. The van der Waals surface area contributed by atoms with Crippen molar-refractivity contribution in [3.8, 4) is 0 Å². The van der Waals surface area contributed by atoms with Gasteiger partial charge < -0.3 is 19.7 Å². The molecule has 1 aromatic rings. The van der Waals surface area contributed by atoms with E-state index < -0.39 is 5.97 Å². The molecule has 0 saturated carbocycles. The van der Waals surface area contributed by atoms with E-state index in [1.807, 2.05) is 28.7 Å². The molecule has 0 atom stereocenters. The van der Waals surface area contributed by atoms with Gasteiger partial charge in [0, 0.05) is 16.7 Å². The number of hydrogen-bond acceptors (Lipinski definition) is 5. The SMILES string of the molecule is O=C(CNC(=O)c1ccccc1I)OCC(=O)N1CCOCC1. The summed E-state index contributed by atoms with van der Waals surface area (Å²) >= 11 is 2.05. The second kappa shape index (κ2) is 8.82. The van der Waals surface area contributed by atoms with Crippen LogP contribution in [0.5, 0.6) is 0 Å². The molecular formula is C15H17IN2O5. The first kappa shape index (κ1) is 17.7. The lowest BCUT2D eigenvalue weighted by Crippen LogP contribution is -2.43. The van der Waals surface area contributed by atoms with Crippen LogP contribution in [0.25, 0.3) is 0 Å². The minimum absolute atomic E-state index is 0.259. The molecule has 1 saturated heterocycles. The van der Waals surface area contributed by atoms with Gasteiger partial charge in [-0.3, -0.25) is 14.4 Å². The molecule has 0 aromatic heterocycles. The number of morpholine rings is 1. The average molecular weight is 432 g/mol. The fraction of sp³-hybridized carbons (Fsp3) is 0.400. The third-order valence-electron chi connectivity index (χ3n) is 3.23. The summed E-state index contributed by atoms with van der Waals surface area (Å²) in [5, 5.41) is 2.48. The normalized spacial score (nSPS) is 14.2. The maximum Gasteiger partial charge on any atom is 0.325 e. The van der Waals surface area contributed by atoms with Crippen LogP contribution in [0.3, 0.4) is 0 Å². The molecule has 1 fully saturated rings. The molecule has 1 aromatic carbocycles. The Morgan fingerprint density at radius 2 is 1.91 bits per heavy atom. The molecule has 2 rings (SSSR count). The molecule has 124 valence electrons. The third-order valence-corrected chi connectivity index (χ3v) is 4.17. The molecule has 1 aliphatic rings. The van der Waals surface area contributed by atoms with Crippen LogP contribution in [0.4, 0.5) is 0 Å². The van der Waals surface area contributed by atoms with E-state index in [1.165, 1.54) is 0 Å². The standard InChI is InChI=1S/C15H17IN2O5/c16-12-4-2-1-3-11(12)15(21)17-9-14(20)23-10-13(19)18-5-7-22-8-6-18/h1-4H,5-10H2,(H,17,21). The maximum atomic E-state index is 11.9. The molecule has 0 unspecified atom stereocenters. The van der Waals surface area contributed by atoms with Crippen LogP contribution >= 0.6 is 22.6 Å². The Balaban J connectivity index is 1.71. The van der Waals surface area contributed by atoms with Crippen LogP contribution in [0, 0.1) is 3.57 Å².